The van der Waals surface area contributed by atoms with Crippen LogP contribution in [0.15, 0.2) is 36.4 Å². The molecule has 1 N–H and O–H groups in total. The minimum atomic E-state index is -0.849. The maximum absolute atomic E-state index is 12.6. The number of benzene rings is 1. The molecule has 6 nitrogen and oxygen atoms in total. The summed E-state index contributed by atoms with van der Waals surface area (Å²) >= 11 is 1.37. The predicted octanol–water partition coefficient (Wildman–Crippen LogP) is 2.57. The number of carbonyl (C=O) groups is 3. The second kappa shape index (κ2) is 6.07. The number of allylic oxidation sites excluding steroid dienone is 2. The Labute approximate surface area is 148 Å². The predicted molar refractivity (Wildman–Crippen MR) is 94.9 cm³/mol. The van der Waals surface area contributed by atoms with E-state index in [0.717, 1.165) is 15.1 Å². The van der Waals surface area contributed by atoms with Crippen LogP contribution in [0, 0.1) is 11.8 Å². The zero-order valence-corrected chi connectivity index (χ0v) is 14.5. The van der Waals surface area contributed by atoms with Gasteiger partial charge in [0.2, 0.25) is 17.7 Å². The van der Waals surface area contributed by atoms with Crippen LogP contribution in [0.25, 0.3) is 10.2 Å². The molecule has 0 unspecified atom stereocenters. The van der Waals surface area contributed by atoms with Crippen LogP contribution in [-0.4, -0.2) is 33.6 Å². The highest BCUT2D eigenvalue weighted by Gasteiger charge is 2.50. The molecular weight excluding hydrogens is 338 g/mol. The van der Waals surface area contributed by atoms with Crippen molar-refractivity contribution < 1.29 is 14.4 Å². The molecule has 0 spiro atoms. The molecule has 7 heteroatoms. The van der Waals surface area contributed by atoms with Gasteiger partial charge in [0.05, 0.1) is 22.1 Å². The van der Waals surface area contributed by atoms with Gasteiger partial charge in [-0.3, -0.25) is 19.3 Å². The molecule has 1 aliphatic heterocycles. The monoisotopic (exact) mass is 355 g/mol. The number of rotatable bonds is 3. The quantitative estimate of drug-likeness (QED) is 0.678. The Morgan fingerprint density at radius 2 is 1.84 bits per heavy atom. The molecule has 2 heterocycles. The summed E-state index contributed by atoms with van der Waals surface area (Å²) in [4.78, 5) is 43.2. The number of thiazole rings is 1. The molecule has 3 atom stereocenters. The van der Waals surface area contributed by atoms with Crippen LogP contribution in [-0.2, 0) is 14.4 Å². The van der Waals surface area contributed by atoms with Crippen LogP contribution in [0.5, 0.6) is 0 Å². The maximum atomic E-state index is 12.6. The second-order valence-corrected chi connectivity index (χ2v) is 7.38. The van der Waals surface area contributed by atoms with Crippen molar-refractivity contribution in [2.45, 2.75) is 25.8 Å². The first-order valence-electron chi connectivity index (χ1n) is 8.24. The molecule has 1 saturated heterocycles. The molecule has 2 aliphatic rings. The normalized spacial score (nSPS) is 23.8. The highest BCUT2D eigenvalue weighted by molar-refractivity contribution is 7.22. The van der Waals surface area contributed by atoms with Crippen molar-refractivity contribution in [3.63, 3.8) is 0 Å². The van der Waals surface area contributed by atoms with Gasteiger partial charge in [0.25, 0.3) is 0 Å². The summed E-state index contributed by atoms with van der Waals surface area (Å²) in [5, 5.41) is 3.21. The van der Waals surface area contributed by atoms with Crippen molar-refractivity contribution >= 4 is 44.4 Å². The molecule has 0 bridgehead atoms. The Morgan fingerprint density at radius 1 is 1.20 bits per heavy atom. The van der Waals surface area contributed by atoms with Crippen molar-refractivity contribution in [3.05, 3.63) is 36.4 Å². The second-order valence-electron chi connectivity index (χ2n) is 6.35. The lowest BCUT2D eigenvalue weighted by Gasteiger charge is -2.21. The van der Waals surface area contributed by atoms with Gasteiger partial charge in [-0.25, -0.2) is 4.98 Å². The lowest BCUT2D eigenvalue weighted by molar-refractivity contribution is -0.146. The average Bonchev–Trinajstić information content (AvgIpc) is 3.13. The Morgan fingerprint density at radius 3 is 2.48 bits per heavy atom. The number of hydrogen-bond acceptors (Lipinski definition) is 5. The van der Waals surface area contributed by atoms with Crippen LogP contribution < -0.4 is 5.32 Å². The summed E-state index contributed by atoms with van der Waals surface area (Å²) in [6.45, 7) is 1.59. The molecule has 0 saturated carbocycles. The molecule has 1 fully saturated rings. The molecule has 2 aromatic rings. The summed E-state index contributed by atoms with van der Waals surface area (Å²) in [6, 6.07) is 6.74. The van der Waals surface area contributed by atoms with Gasteiger partial charge in [0.15, 0.2) is 5.13 Å². The molecule has 1 aliphatic carbocycles. The number of nitrogens with one attached hydrogen (secondary N) is 1. The van der Waals surface area contributed by atoms with Crippen LogP contribution in [0.1, 0.15) is 19.8 Å². The van der Waals surface area contributed by atoms with E-state index in [1.54, 1.807) is 6.92 Å². The number of aromatic nitrogens is 1. The Bertz CT molecular complexity index is 845. The third kappa shape index (κ3) is 2.64. The van der Waals surface area contributed by atoms with E-state index in [2.05, 4.69) is 10.3 Å². The minimum absolute atomic E-state index is 0.244. The molecule has 1 aromatic heterocycles. The molecule has 128 valence electrons. The van der Waals surface area contributed by atoms with Gasteiger partial charge in [0, 0.05) is 0 Å². The standard InChI is InChI=1S/C18H17N3O3S/c1-10(21-16(23)11-6-2-3-7-12(11)17(21)24)15(22)20-18-19-13-8-4-5-9-14(13)25-18/h2-5,8-12H,6-7H2,1H3,(H,19,20,22)/t10-,11+,12+/m0/s1. The minimum Gasteiger partial charge on any atom is -0.300 e. The van der Waals surface area contributed by atoms with Crippen molar-refractivity contribution in [1.82, 2.24) is 9.88 Å². The van der Waals surface area contributed by atoms with E-state index in [0.29, 0.717) is 18.0 Å². The number of amides is 3. The molecular formula is C18H17N3O3S. The highest BCUT2D eigenvalue weighted by atomic mass is 32.1. The molecule has 4 rings (SSSR count). The lowest BCUT2D eigenvalue weighted by Crippen LogP contribution is -2.46. The average molecular weight is 355 g/mol. The first-order chi connectivity index (χ1) is 12.1. The molecule has 3 amide bonds. The number of likely N-dealkylation sites (tertiary alicyclic amines) is 1. The number of carbonyl (C=O) groups excluding carboxylic acids is 3. The Balaban J connectivity index is 1.52. The van der Waals surface area contributed by atoms with Gasteiger partial charge in [-0.15, -0.1) is 0 Å². The number of fused-ring (bicyclic) bond motifs is 2. The van der Waals surface area contributed by atoms with Crippen molar-refractivity contribution in [2.24, 2.45) is 11.8 Å². The fourth-order valence-corrected chi connectivity index (χ4v) is 4.33. The smallest absolute Gasteiger partial charge is 0.249 e. The van der Waals surface area contributed by atoms with Crippen molar-refractivity contribution in [2.75, 3.05) is 5.32 Å². The van der Waals surface area contributed by atoms with Crippen LogP contribution in [0.2, 0.25) is 0 Å². The molecule has 25 heavy (non-hydrogen) atoms. The lowest BCUT2D eigenvalue weighted by atomic mass is 9.85. The van der Waals surface area contributed by atoms with Gasteiger partial charge < -0.3 is 5.32 Å². The van der Waals surface area contributed by atoms with E-state index >= 15 is 0 Å². The third-order valence-corrected chi connectivity index (χ3v) is 5.78. The van der Waals surface area contributed by atoms with Crippen molar-refractivity contribution in [3.8, 4) is 0 Å². The summed E-state index contributed by atoms with van der Waals surface area (Å²) in [5.41, 5.74) is 0.806. The number of nitrogens with zero attached hydrogens (tertiary/aromatic N) is 2. The summed E-state index contributed by atoms with van der Waals surface area (Å²) in [6.07, 6.45) is 5.00. The Kier molecular flexibility index (Phi) is 3.88. The van der Waals surface area contributed by atoms with E-state index < -0.39 is 11.9 Å². The maximum Gasteiger partial charge on any atom is 0.249 e. The fraction of sp³-hybridized carbons (Fsp3) is 0.333. The summed E-state index contributed by atoms with van der Waals surface area (Å²) < 4.78 is 0.968. The highest BCUT2D eigenvalue weighted by Crippen LogP contribution is 2.36. The summed E-state index contributed by atoms with van der Waals surface area (Å²) in [5.74, 6) is -1.53. The van der Waals surface area contributed by atoms with Gasteiger partial charge in [-0.2, -0.15) is 0 Å². The zero-order chi connectivity index (χ0) is 17.6. The number of anilines is 1. The van der Waals surface area contributed by atoms with Gasteiger partial charge in [-0.1, -0.05) is 35.6 Å². The number of para-hydroxylation sites is 1. The van der Waals surface area contributed by atoms with Gasteiger partial charge >= 0.3 is 0 Å². The van der Waals surface area contributed by atoms with E-state index in [-0.39, 0.29) is 23.7 Å². The topological polar surface area (TPSA) is 79.4 Å². The summed E-state index contributed by atoms with van der Waals surface area (Å²) in [7, 11) is 0. The van der Waals surface area contributed by atoms with Crippen molar-refractivity contribution in [1.29, 1.82) is 0 Å². The SMILES string of the molecule is C[C@@H](C(=O)Nc1nc2ccccc2s1)N1C(=O)[C@@H]2CC=CC[C@H]2C1=O. The number of imide groups is 1. The van der Waals surface area contributed by atoms with E-state index in [1.165, 1.54) is 11.3 Å². The molecule has 0 radical (unpaired) electrons. The van der Waals surface area contributed by atoms with Crippen LogP contribution in [0.4, 0.5) is 5.13 Å². The van der Waals surface area contributed by atoms with Gasteiger partial charge in [0.1, 0.15) is 6.04 Å². The third-order valence-electron chi connectivity index (χ3n) is 4.83. The van der Waals surface area contributed by atoms with E-state index in [4.69, 9.17) is 0 Å². The van der Waals surface area contributed by atoms with Crippen LogP contribution >= 0.6 is 11.3 Å². The fourth-order valence-electron chi connectivity index (χ4n) is 3.46. The molecule has 1 aromatic carbocycles. The largest absolute Gasteiger partial charge is 0.300 e. The number of hydrogen-bond donors (Lipinski definition) is 1. The van der Waals surface area contributed by atoms with E-state index in [1.807, 2.05) is 36.4 Å². The Hall–Kier alpha value is -2.54. The zero-order valence-electron chi connectivity index (χ0n) is 13.6. The first kappa shape index (κ1) is 16.0. The van der Waals surface area contributed by atoms with E-state index in [9.17, 15) is 14.4 Å². The first-order valence-corrected chi connectivity index (χ1v) is 9.06. The van der Waals surface area contributed by atoms with Gasteiger partial charge in [-0.05, 0) is 31.9 Å². The van der Waals surface area contributed by atoms with Crippen LogP contribution in [0.3, 0.4) is 0 Å².